The van der Waals surface area contributed by atoms with Crippen LogP contribution in [-0.2, 0) is 0 Å². The number of hydrogen-bond acceptors (Lipinski definition) is 4. The molecule has 88 valence electrons. The van der Waals surface area contributed by atoms with E-state index in [4.69, 9.17) is 10.2 Å². The van der Waals surface area contributed by atoms with Crippen LogP contribution in [0.1, 0.15) is 28.0 Å². The Kier molecular flexibility index (Phi) is 2.58. The summed E-state index contributed by atoms with van der Waals surface area (Å²) in [7, 11) is 0. The Morgan fingerprint density at radius 1 is 1.24 bits per heavy atom. The molecule has 3 aromatic rings. The predicted octanol–water partition coefficient (Wildman–Crippen LogP) is 4.22. The first-order valence-electron chi connectivity index (χ1n) is 5.44. The zero-order valence-electron chi connectivity index (χ0n) is 9.69. The monoisotopic (exact) mass is 263 g/mol. The molecule has 17 heavy (non-hydrogen) atoms. The molecule has 0 fully saturated rings. The molecule has 2 N–H and O–H groups in total. The van der Waals surface area contributed by atoms with E-state index in [1.165, 1.54) is 14.3 Å². The summed E-state index contributed by atoms with van der Waals surface area (Å²) >= 11 is 3.53. The Labute approximate surface area is 108 Å². The molecule has 0 saturated heterocycles. The first-order chi connectivity index (χ1) is 8.15. The fourth-order valence-corrected chi connectivity index (χ4v) is 4.19. The van der Waals surface area contributed by atoms with Crippen LogP contribution in [0.15, 0.2) is 28.0 Å². The van der Waals surface area contributed by atoms with Crippen molar-refractivity contribution < 1.29 is 4.42 Å². The van der Waals surface area contributed by atoms with Crippen LogP contribution in [0.25, 0.3) is 9.40 Å². The molecular formula is C13H13NOS2. The second-order valence-electron chi connectivity index (χ2n) is 4.14. The summed E-state index contributed by atoms with van der Waals surface area (Å²) in [5.41, 5.74) is 7.40. The summed E-state index contributed by atoms with van der Waals surface area (Å²) in [5.74, 6) is 1.85. The third kappa shape index (κ3) is 1.82. The van der Waals surface area contributed by atoms with Crippen molar-refractivity contribution in [2.45, 2.75) is 19.9 Å². The molecule has 4 heteroatoms. The molecular weight excluding hydrogens is 250 g/mol. The van der Waals surface area contributed by atoms with Gasteiger partial charge in [-0.3, -0.25) is 0 Å². The van der Waals surface area contributed by atoms with E-state index in [1.807, 2.05) is 19.9 Å². The minimum absolute atomic E-state index is 0.0722. The Hall–Kier alpha value is -1.10. The lowest BCUT2D eigenvalue weighted by Gasteiger charge is -2.07. The molecule has 0 amide bonds. The molecule has 1 unspecified atom stereocenters. The summed E-state index contributed by atoms with van der Waals surface area (Å²) in [4.78, 5) is 1.20. The molecule has 0 spiro atoms. The molecule has 3 heterocycles. The van der Waals surface area contributed by atoms with Crippen LogP contribution in [0, 0.1) is 13.8 Å². The zero-order valence-corrected chi connectivity index (χ0v) is 11.3. The van der Waals surface area contributed by atoms with Gasteiger partial charge in [0, 0.05) is 19.8 Å². The van der Waals surface area contributed by atoms with Crippen LogP contribution < -0.4 is 5.73 Å². The van der Waals surface area contributed by atoms with Crippen LogP contribution in [0.5, 0.6) is 0 Å². The molecule has 0 saturated carbocycles. The smallest absolute Gasteiger partial charge is 0.106 e. The molecule has 0 aliphatic rings. The van der Waals surface area contributed by atoms with Gasteiger partial charge in [0.2, 0.25) is 0 Å². The highest BCUT2D eigenvalue weighted by Crippen LogP contribution is 2.36. The van der Waals surface area contributed by atoms with Crippen LogP contribution in [0.2, 0.25) is 0 Å². The van der Waals surface area contributed by atoms with Crippen molar-refractivity contribution in [2.24, 2.45) is 5.73 Å². The van der Waals surface area contributed by atoms with Gasteiger partial charge in [-0.1, -0.05) is 0 Å². The van der Waals surface area contributed by atoms with Crippen LogP contribution >= 0.6 is 22.7 Å². The highest BCUT2D eigenvalue weighted by molar-refractivity contribution is 7.27. The summed E-state index contributed by atoms with van der Waals surface area (Å²) in [6, 6.07) is 6.30. The molecule has 0 aliphatic heterocycles. The van der Waals surface area contributed by atoms with E-state index >= 15 is 0 Å². The minimum Gasteiger partial charge on any atom is -0.466 e. The first-order valence-corrected chi connectivity index (χ1v) is 7.14. The third-order valence-electron chi connectivity index (χ3n) is 2.88. The number of rotatable bonds is 2. The van der Waals surface area contributed by atoms with Gasteiger partial charge in [-0.25, -0.2) is 0 Å². The van der Waals surface area contributed by atoms with E-state index in [-0.39, 0.29) is 6.04 Å². The van der Waals surface area contributed by atoms with Crippen molar-refractivity contribution in [2.75, 3.05) is 0 Å². The fraction of sp³-hybridized carbons (Fsp3) is 0.231. The number of nitrogens with two attached hydrogens (primary N) is 1. The van der Waals surface area contributed by atoms with Crippen LogP contribution in [-0.4, -0.2) is 0 Å². The largest absolute Gasteiger partial charge is 0.466 e. The highest BCUT2D eigenvalue weighted by atomic mass is 32.1. The molecule has 3 aromatic heterocycles. The van der Waals surface area contributed by atoms with Crippen LogP contribution in [0.4, 0.5) is 0 Å². The maximum Gasteiger partial charge on any atom is 0.106 e. The van der Waals surface area contributed by atoms with Crippen LogP contribution in [0.3, 0.4) is 0 Å². The number of aryl methyl sites for hydroxylation is 2. The van der Waals surface area contributed by atoms with E-state index in [0.717, 1.165) is 17.1 Å². The molecule has 0 bridgehead atoms. The van der Waals surface area contributed by atoms with Gasteiger partial charge in [0.05, 0.1) is 6.04 Å². The maximum absolute atomic E-state index is 6.31. The van der Waals surface area contributed by atoms with Gasteiger partial charge in [0.15, 0.2) is 0 Å². The lowest BCUT2D eigenvalue weighted by molar-refractivity contribution is 0.500. The number of thiophene rings is 2. The number of hydrogen-bond donors (Lipinski definition) is 1. The summed E-state index contributed by atoms with van der Waals surface area (Å²) in [5, 5.41) is 2.11. The molecule has 2 nitrogen and oxygen atoms in total. The summed E-state index contributed by atoms with van der Waals surface area (Å²) in [6.07, 6.45) is 0. The van der Waals surface area contributed by atoms with Crippen molar-refractivity contribution in [1.82, 2.24) is 0 Å². The summed E-state index contributed by atoms with van der Waals surface area (Å²) in [6.45, 7) is 3.92. The van der Waals surface area contributed by atoms with E-state index in [2.05, 4.69) is 17.5 Å². The molecule has 0 aliphatic carbocycles. The van der Waals surface area contributed by atoms with Gasteiger partial charge >= 0.3 is 0 Å². The van der Waals surface area contributed by atoms with E-state index in [1.54, 1.807) is 22.7 Å². The minimum atomic E-state index is -0.0722. The number of fused-ring (bicyclic) bond motifs is 1. The second kappa shape index (κ2) is 3.98. The van der Waals surface area contributed by atoms with Gasteiger partial charge < -0.3 is 10.2 Å². The Morgan fingerprint density at radius 3 is 2.71 bits per heavy atom. The van der Waals surface area contributed by atoms with Crippen molar-refractivity contribution in [3.63, 3.8) is 0 Å². The van der Waals surface area contributed by atoms with Crippen molar-refractivity contribution in [3.05, 3.63) is 45.5 Å². The van der Waals surface area contributed by atoms with Crippen molar-refractivity contribution in [1.29, 1.82) is 0 Å². The average Bonchev–Trinajstić information content (AvgIpc) is 2.90. The van der Waals surface area contributed by atoms with E-state index in [9.17, 15) is 0 Å². The van der Waals surface area contributed by atoms with Gasteiger partial charge in [-0.05, 0) is 37.4 Å². The zero-order chi connectivity index (χ0) is 12.0. The molecule has 1 atom stereocenters. The maximum atomic E-state index is 6.31. The van der Waals surface area contributed by atoms with Gasteiger partial charge in [0.25, 0.3) is 0 Å². The lowest BCUT2D eigenvalue weighted by atomic mass is 10.1. The Bertz CT molecular complexity index is 633. The SMILES string of the molecule is Cc1cc(C(N)c2cc3sccc3s2)c(C)o1. The third-order valence-corrected chi connectivity index (χ3v) is 5.06. The lowest BCUT2D eigenvalue weighted by Crippen LogP contribution is -2.10. The van der Waals surface area contributed by atoms with Crippen molar-refractivity contribution >= 4 is 32.1 Å². The highest BCUT2D eigenvalue weighted by Gasteiger charge is 2.17. The topological polar surface area (TPSA) is 39.2 Å². The predicted molar refractivity (Wildman–Crippen MR) is 73.9 cm³/mol. The first kappa shape index (κ1) is 11.0. The number of furan rings is 1. The van der Waals surface area contributed by atoms with Gasteiger partial charge in [-0.2, -0.15) is 0 Å². The fourth-order valence-electron chi connectivity index (χ4n) is 2.05. The quantitative estimate of drug-likeness (QED) is 0.752. The normalized spacial score (nSPS) is 13.4. The molecule has 3 rings (SSSR count). The standard InChI is InChI=1S/C13H13NOS2/c1-7-5-9(8(2)15-7)13(14)12-6-11-10(17-12)3-4-16-11/h3-6,13H,14H2,1-2H3. The van der Waals surface area contributed by atoms with E-state index in [0.29, 0.717) is 0 Å². The Morgan fingerprint density at radius 2 is 2.06 bits per heavy atom. The second-order valence-corrected chi connectivity index (χ2v) is 6.21. The van der Waals surface area contributed by atoms with Gasteiger partial charge in [0.1, 0.15) is 11.5 Å². The summed E-state index contributed by atoms with van der Waals surface area (Å²) < 4.78 is 8.18. The van der Waals surface area contributed by atoms with Gasteiger partial charge in [-0.15, -0.1) is 22.7 Å². The van der Waals surface area contributed by atoms with E-state index < -0.39 is 0 Å². The van der Waals surface area contributed by atoms with Crippen molar-refractivity contribution in [3.8, 4) is 0 Å². The average molecular weight is 263 g/mol. The Balaban J connectivity index is 2.04. The molecule has 0 radical (unpaired) electrons. The molecule has 0 aromatic carbocycles.